The highest BCUT2D eigenvalue weighted by Crippen LogP contribution is 2.34. The Morgan fingerprint density at radius 3 is 2.62 bits per heavy atom. The Hall–Kier alpha value is -1.82. The topological polar surface area (TPSA) is 80.0 Å². The van der Waals surface area contributed by atoms with Gasteiger partial charge in [0.1, 0.15) is 6.26 Å². The van der Waals surface area contributed by atoms with Gasteiger partial charge in [-0.25, -0.2) is 0 Å². The maximum atomic E-state index is 12.3. The van der Waals surface area contributed by atoms with Crippen LogP contribution in [0.4, 0.5) is 0 Å². The zero-order valence-corrected chi connectivity index (χ0v) is 12.4. The number of amides is 1. The van der Waals surface area contributed by atoms with Gasteiger partial charge in [0.05, 0.1) is 7.11 Å². The highest BCUT2D eigenvalue weighted by molar-refractivity contribution is 5.91. The molecule has 1 aromatic rings. The van der Waals surface area contributed by atoms with E-state index in [-0.39, 0.29) is 34.9 Å². The number of carbonyl (C=O) groups is 1. The van der Waals surface area contributed by atoms with Crippen molar-refractivity contribution in [1.29, 1.82) is 0 Å². The second-order valence-corrected chi connectivity index (χ2v) is 5.48. The molecular weight excluding hydrogens is 274 g/mol. The lowest BCUT2D eigenvalue weighted by molar-refractivity contribution is 0.0318. The molecule has 0 atom stereocenters. The monoisotopic (exact) mass is 295 g/mol. The number of carbonyl (C=O) groups excluding carboxylic acids is 1. The number of rotatable bonds is 4. The molecule has 21 heavy (non-hydrogen) atoms. The molecule has 1 aliphatic rings. The number of methoxy groups -OCH3 is 1. The second kappa shape index (κ2) is 6.30. The minimum atomic E-state index is -0.373. The van der Waals surface area contributed by atoms with Crippen LogP contribution in [0, 0.1) is 5.41 Å². The van der Waals surface area contributed by atoms with Gasteiger partial charge in [-0.15, -0.1) is 0 Å². The molecule has 1 N–H and O–H groups in total. The first kappa shape index (κ1) is 15.6. The van der Waals surface area contributed by atoms with Crippen LogP contribution in [0.2, 0.25) is 0 Å². The minimum absolute atomic E-state index is 0.0220. The third-order valence-electron chi connectivity index (χ3n) is 4.43. The van der Waals surface area contributed by atoms with E-state index >= 15 is 0 Å². The van der Waals surface area contributed by atoms with E-state index in [0.717, 1.165) is 31.6 Å². The van der Waals surface area contributed by atoms with Crippen molar-refractivity contribution in [2.45, 2.75) is 26.2 Å². The van der Waals surface area contributed by atoms with Gasteiger partial charge in [0.25, 0.3) is 5.91 Å². The normalized spacial score (nSPS) is 17.6. The molecule has 2 rings (SSSR count). The van der Waals surface area contributed by atoms with Gasteiger partial charge in [-0.1, -0.05) is 6.92 Å². The Kier molecular flexibility index (Phi) is 4.67. The van der Waals surface area contributed by atoms with Gasteiger partial charge in [-0.3, -0.25) is 9.59 Å². The van der Waals surface area contributed by atoms with E-state index in [2.05, 4.69) is 6.92 Å². The fraction of sp³-hybridized carbons (Fsp3) is 0.600. The van der Waals surface area contributed by atoms with Gasteiger partial charge in [-0.05, 0) is 24.7 Å². The average Bonchev–Trinajstić information content (AvgIpc) is 2.54. The Morgan fingerprint density at radius 1 is 1.48 bits per heavy atom. The smallest absolute Gasteiger partial charge is 0.289 e. The average molecular weight is 295 g/mol. The van der Waals surface area contributed by atoms with Crippen LogP contribution in [0.25, 0.3) is 0 Å². The summed E-state index contributed by atoms with van der Waals surface area (Å²) in [7, 11) is 1.37. The minimum Gasteiger partial charge on any atom is -0.490 e. The van der Waals surface area contributed by atoms with Gasteiger partial charge in [0.15, 0.2) is 5.76 Å². The molecule has 1 aromatic heterocycles. The van der Waals surface area contributed by atoms with Gasteiger partial charge in [0, 0.05) is 25.8 Å². The molecule has 1 fully saturated rings. The molecule has 2 heterocycles. The quantitative estimate of drug-likeness (QED) is 0.905. The molecule has 0 saturated carbocycles. The number of likely N-dealkylation sites (tertiary alicyclic amines) is 1. The summed E-state index contributed by atoms with van der Waals surface area (Å²) < 4.78 is 10.0. The lowest BCUT2D eigenvalue weighted by atomic mass is 9.77. The predicted molar refractivity (Wildman–Crippen MR) is 76.5 cm³/mol. The lowest BCUT2D eigenvalue weighted by Crippen LogP contribution is -2.44. The van der Waals surface area contributed by atoms with Crippen molar-refractivity contribution in [2.24, 2.45) is 5.41 Å². The number of piperidine rings is 1. The number of aliphatic hydroxyl groups is 1. The highest BCUT2D eigenvalue weighted by atomic mass is 16.5. The summed E-state index contributed by atoms with van der Waals surface area (Å²) in [5.41, 5.74) is -0.459. The molecule has 0 bridgehead atoms. The summed E-state index contributed by atoms with van der Waals surface area (Å²) in [6.45, 7) is 3.31. The zero-order chi connectivity index (χ0) is 15.5. The Labute approximate surface area is 123 Å². The van der Waals surface area contributed by atoms with Crippen molar-refractivity contribution in [3.8, 4) is 5.75 Å². The molecular formula is C15H21NO5. The number of hydrogen-bond donors (Lipinski definition) is 1. The molecule has 1 aliphatic heterocycles. The van der Waals surface area contributed by atoms with Crippen LogP contribution in [0.3, 0.4) is 0 Å². The van der Waals surface area contributed by atoms with Crippen LogP contribution < -0.4 is 10.2 Å². The first-order valence-corrected chi connectivity index (χ1v) is 7.12. The Balaban J connectivity index is 2.09. The van der Waals surface area contributed by atoms with E-state index < -0.39 is 0 Å². The fourth-order valence-corrected chi connectivity index (χ4v) is 2.62. The fourth-order valence-electron chi connectivity index (χ4n) is 2.62. The van der Waals surface area contributed by atoms with Crippen molar-refractivity contribution in [3.05, 3.63) is 28.3 Å². The molecule has 6 nitrogen and oxygen atoms in total. The number of aliphatic hydroxyl groups excluding tert-OH is 1. The first-order chi connectivity index (χ1) is 10.0. The molecule has 1 amide bonds. The molecule has 0 unspecified atom stereocenters. The number of nitrogens with zero attached hydrogens (tertiary/aromatic N) is 1. The standard InChI is InChI=1S/C15H21NO5/c1-3-15(10-17)4-6-16(7-5-15)14(19)12-8-11(18)13(20-2)9-21-12/h8-9,17H,3-7,10H2,1-2H3. The van der Waals surface area contributed by atoms with Gasteiger partial charge >= 0.3 is 0 Å². The van der Waals surface area contributed by atoms with Crippen LogP contribution in [0.15, 0.2) is 21.5 Å². The molecule has 0 aromatic carbocycles. The molecule has 6 heteroatoms. The van der Waals surface area contributed by atoms with Crippen molar-refractivity contribution in [3.63, 3.8) is 0 Å². The van der Waals surface area contributed by atoms with Crippen LogP contribution in [0.1, 0.15) is 36.7 Å². The van der Waals surface area contributed by atoms with E-state index in [1.165, 1.54) is 7.11 Å². The van der Waals surface area contributed by atoms with E-state index in [4.69, 9.17) is 9.15 Å². The van der Waals surface area contributed by atoms with E-state index in [9.17, 15) is 14.7 Å². The summed E-state index contributed by atoms with van der Waals surface area (Å²) in [5, 5.41) is 9.50. The van der Waals surface area contributed by atoms with Crippen molar-refractivity contribution in [1.82, 2.24) is 4.90 Å². The van der Waals surface area contributed by atoms with E-state index in [0.29, 0.717) is 13.1 Å². The summed E-state index contributed by atoms with van der Waals surface area (Å²) in [6, 6.07) is 1.16. The molecule has 116 valence electrons. The molecule has 0 spiro atoms. The van der Waals surface area contributed by atoms with Crippen LogP contribution in [-0.4, -0.2) is 42.7 Å². The van der Waals surface area contributed by atoms with Gasteiger partial charge < -0.3 is 19.2 Å². The predicted octanol–water partition coefficient (Wildman–Crippen LogP) is 1.27. The van der Waals surface area contributed by atoms with Crippen LogP contribution in [-0.2, 0) is 0 Å². The zero-order valence-electron chi connectivity index (χ0n) is 12.4. The van der Waals surface area contributed by atoms with E-state index in [1.54, 1.807) is 4.90 Å². The van der Waals surface area contributed by atoms with E-state index in [1.807, 2.05) is 0 Å². The third-order valence-corrected chi connectivity index (χ3v) is 4.43. The maximum absolute atomic E-state index is 12.3. The molecule has 0 radical (unpaired) electrons. The Bertz CT molecular complexity index is 551. The SMILES string of the molecule is CCC1(CO)CCN(C(=O)c2cc(=O)c(OC)co2)CC1. The maximum Gasteiger partial charge on any atom is 0.289 e. The van der Waals surface area contributed by atoms with Gasteiger partial charge in [-0.2, -0.15) is 0 Å². The summed E-state index contributed by atoms with van der Waals surface area (Å²) in [5.74, 6) is -0.193. The molecule has 1 saturated heterocycles. The second-order valence-electron chi connectivity index (χ2n) is 5.48. The number of ether oxygens (including phenoxy) is 1. The van der Waals surface area contributed by atoms with Crippen molar-refractivity contribution >= 4 is 5.91 Å². The highest BCUT2D eigenvalue weighted by Gasteiger charge is 2.34. The number of hydrogen-bond acceptors (Lipinski definition) is 5. The molecule has 0 aliphatic carbocycles. The summed E-state index contributed by atoms with van der Waals surface area (Å²) in [6.07, 6.45) is 3.56. The van der Waals surface area contributed by atoms with Crippen LogP contribution >= 0.6 is 0 Å². The van der Waals surface area contributed by atoms with Crippen molar-refractivity contribution in [2.75, 3.05) is 26.8 Å². The third kappa shape index (κ3) is 3.10. The van der Waals surface area contributed by atoms with Crippen LogP contribution in [0.5, 0.6) is 5.75 Å². The summed E-state index contributed by atoms with van der Waals surface area (Å²) >= 11 is 0. The van der Waals surface area contributed by atoms with Crippen molar-refractivity contribution < 1.29 is 19.1 Å². The lowest BCUT2D eigenvalue weighted by Gasteiger charge is -2.39. The summed E-state index contributed by atoms with van der Waals surface area (Å²) in [4.78, 5) is 25.7. The van der Waals surface area contributed by atoms with Gasteiger partial charge in [0.2, 0.25) is 11.2 Å². The largest absolute Gasteiger partial charge is 0.490 e. The Morgan fingerprint density at radius 2 is 2.14 bits per heavy atom. The first-order valence-electron chi connectivity index (χ1n) is 7.12.